The maximum absolute atomic E-state index is 13.5. The van der Waals surface area contributed by atoms with Crippen molar-refractivity contribution in [3.8, 4) is 11.5 Å². The fourth-order valence-electron chi connectivity index (χ4n) is 3.76. The molecular formula is C24H16Cl2FNO5. The number of rotatable bonds is 4. The van der Waals surface area contributed by atoms with Gasteiger partial charge in [-0.25, -0.2) is 4.39 Å². The van der Waals surface area contributed by atoms with Crippen molar-refractivity contribution in [2.45, 2.75) is 6.04 Å². The zero-order valence-electron chi connectivity index (χ0n) is 17.1. The zero-order valence-corrected chi connectivity index (χ0v) is 18.6. The molecule has 1 saturated heterocycles. The second-order valence-corrected chi connectivity index (χ2v) is 8.05. The number of carbonyl (C=O) groups is 2. The van der Waals surface area contributed by atoms with E-state index in [2.05, 4.69) is 0 Å². The SMILES string of the molecule is COc1c(Cl)cc(Cl)cc1/C(O)=C1\C(=O)C(=O)N(c2ccc(F)cc2)C1c1ccc(O)cc1. The van der Waals surface area contributed by atoms with Crippen molar-refractivity contribution < 1.29 is 28.9 Å². The molecule has 4 rings (SSSR count). The number of hydrogen-bond acceptors (Lipinski definition) is 5. The van der Waals surface area contributed by atoms with Gasteiger partial charge in [0, 0.05) is 10.7 Å². The van der Waals surface area contributed by atoms with Crippen molar-refractivity contribution in [1.82, 2.24) is 0 Å². The summed E-state index contributed by atoms with van der Waals surface area (Å²) in [6.07, 6.45) is 0. The number of phenolic OH excluding ortho intramolecular Hbond substituents is 1. The Bertz CT molecular complexity index is 1290. The number of amides is 1. The molecule has 1 heterocycles. The van der Waals surface area contributed by atoms with Crippen LogP contribution in [0.2, 0.25) is 10.0 Å². The van der Waals surface area contributed by atoms with Gasteiger partial charge in [-0.15, -0.1) is 0 Å². The van der Waals surface area contributed by atoms with Gasteiger partial charge < -0.3 is 14.9 Å². The summed E-state index contributed by atoms with van der Waals surface area (Å²) >= 11 is 12.3. The number of benzene rings is 3. The van der Waals surface area contributed by atoms with Crippen LogP contribution in [0.4, 0.5) is 10.1 Å². The smallest absolute Gasteiger partial charge is 0.300 e. The Morgan fingerprint density at radius 2 is 1.67 bits per heavy atom. The largest absolute Gasteiger partial charge is 0.508 e. The number of ether oxygens (including phenoxy) is 1. The Morgan fingerprint density at radius 3 is 2.27 bits per heavy atom. The predicted octanol–water partition coefficient (Wildman–Crippen LogP) is 5.47. The normalized spacial score (nSPS) is 17.5. The Kier molecular flexibility index (Phi) is 6.01. The van der Waals surface area contributed by atoms with Crippen LogP contribution >= 0.6 is 23.2 Å². The summed E-state index contributed by atoms with van der Waals surface area (Å²) in [6.45, 7) is 0. The van der Waals surface area contributed by atoms with E-state index in [1.54, 1.807) is 0 Å². The first-order valence-corrected chi connectivity index (χ1v) is 10.4. The monoisotopic (exact) mass is 487 g/mol. The lowest BCUT2D eigenvalue weighted by Crippen LogP contribution is -2.29. The van der Waals surface area contributed by atoms with Crippen molar-refractivity contribution in [3.63, 3.8) is 0 Å². The molecule has 3 aromatic rings. The maximum atomic E-state index is 13.5. The van der Waals surface area contributed by atoms with Gasteiger partial charge in [0.05, 0.1) is 29.3 Å². The molecule has 0 aromatic heterocycles. The number of anilines is 1. The fraction of sp³-hybridized carbons (Fsp3) is 0.0833. The molecule has 1 fully saturated rings. The first-order chi connectivity index (χ1) is 15.7. The van der Waals surface area contributed by atoms with Crippen LogP contribution in [0.3, 0.4) is 0 Å². The lowest BCUT2D eigenvalue weighted by atomic mass is 9.94. The molecule has 0 bridgehead atoms. The summed E-state index contributed by atoms with van der Waals surface area (Å²) < 4.78 is 18.8. The van der Waals surface area contributed by atoms with E-state index in [-0.39, 0.29) is 38.4 Å². The number of aromatic hydroxyl groups is 1. The van der Waals surface area contributed by atoms with Crippen LogP contribution in [0, 0.1) is 5.82 Å². The Balaban J connectivity index is 2.00. The third-order valence-corrected chi connectivity index (χ3v) is 5.72. The second kappa shape index (κ2) is 8.77. The molecule has 9 heteroatoms. The van der Waals surface area contributed by atoms with Crippen molar-refractivity contribution >= 4 is 46.3 Å². The summed E-state index contributed by atoms with van der Waals surface area (Å²) in [5.41, 5.74) is 0.444. The standard InChI is InChI=1S/C24H16Cl2FNO5/c1-33-23-17(10-13(25)11-18(23)26)21(30)19-20(12-2-8-16(29)9-3-12)28(24(32)22(19)31)15-6-4-14(27)5-7-15/h2-11,20,29-30H,1H3/b21-19+. The molecule has 1 unspecified atom stereocenters. The van der Waals surface area contributed by atoms with E-state index in [4.69, 9.17) is 27.9 Å². The highest BCUT2D eigenvalue weighted by Gasteiger charge is 2.47. The molecule has 0 radical (unpaired) electrons. The van der Waals surface area contributed by atoms with Gasteiger partial charge in [-0.1, -0.05) is 35.3 Å². The Hall–Kier alpha value is -3.55. The highest BCUT2D eigenvalue weighted by molar-refractivity contribution is 6.51. The zero-order chi connectivity index (χ0) is 23.9. The van der Waals surface area contributed by atoms with E-state index in [0.717, 1.165) is 17.0 Å². The number of nitrogens with zero attached hydrogens (tertiary/aromatic N) is 1. The summed E-state index contributed by atoms with van der Waals surface area (Å²) in [4.78, 5) is 27.4. The number of aliphatic hydroxyl groups is 1. The van der Waals surface area contributed by atoms with Crippen LogP contribution in [0.5, 0.6) is 11.5 Å². The molecule has 3 aromatic carbocycles. The van der Waals surface area contributed by atoms with Gasteiger partial charge in [0.1, 0.15) is 23.1 Å². The molecule has 1 atom stereocenters. The number of phenols is 1. The number of methoxy groups -OCH3 is 1. The summed E-state index contributed by atoms with van der Waals surface area (Å²) in [7, 11) is 1.33. The molecule has 0 saturated carbocycles. The molecular weight excluding hydrogens is 472 g/mol. The third kappa shape index (κ3) is 4.01. The lowest BCUT2D eigenvalue weighted by Gasteiger charge is -2.25. The van der Waals surface area contributed by atoms with Gasteiger partial charge in [0.15, 0.2) is 0 Å². The van der Waals surface area contributed by atoms with Crippen molar-refractivity contribution in [1.29, 1.82) is 0 Å². The molecule has 1 amide bonds. The molecule has 2 N–H and O–H groups in total. The average molecular weight is 488 g/mol. The van der Waals surface area contributed by atoms with Crippen LogP contribution in [0.1, 0.15) is 17.2 Å². The molecule has 6 nitrogen and oxygen atoms in total. The minimum atomic E-state index is -1.08. The van der Waals surface area contributed by atoms with Crippen molar-refractivity contribution in [3.05, 3.63) is 93.2 Å². The third-order valence-electron chi connectivity index (χ3n) is 5.23. The van der Waals surface area contributed by atoms with E-state index in [0.29, 0.717) is 5.56 Å². The topological polar surface area (TPSA) is 87.1 Å². The van der Waals surface area contributed by atoms with Gasteiger partial charge in [-0.2, -0.15) is 0 Å². The first-order valence-electron chi connectivity index (χ1n) is 9.61. The molecule has 0 aliphatic carbocycles. The number of hydrogen-bond donors (Lipinski definition) is 2. The average Bonchev–Trinajstić information content (AvgIpc) is 3.04. The van der Waals surface area contributed by atoms with Crippen LogP contribution in [0.15, 0.2) is 66.2 Å². The highest BCUT2D eigenvalue weighted by atomic mass is 35.5. The lowest BCUT2D eigenvalue weighted by molar-refractivity contribution is -0.132. The van der Waals surface area contributed by atoms with Crippen molar-refractivity contribution in [2.75, 3.05) is 12.0 Å². The summed E-state index contributed by atoms with van der Waals surface area (Å²) in [6, 6.07) is 12.5. The molecule has 1 aliphatic heterocycles. The number of ketones is 1. The summed E-state index contributed by atoms with van der Waals surface area (Å²) in [5, 5.41) is 21.2. The fourth-order valence-corrected chi connectivity index (χ4v) is 4.33. The van der Waals surface area contributed by atoms with Crippen molar-refractivity contribution in [2.24, 2.45) is 0 Å². The molecule has 0 spiro atoms. The molecule has 1 aliphatic rings. The minimum Gasteiger partial charge on any atom is -0.508 e. The number of carbonyl (C=O) groups excluding carboxylic acids is 2. The van der Waals surface area contributed by atoms with E-state index in [1.165, 1.54) is 55.6 Å². The number of halogens is 3. The van der Waals surface area contributed by atoms with Gasteiger partial charge in [-0.05, 0) is 54.1 Å². The first kappa shape index (κ1) is 22.6. The molecule has 33 heavy (non-hydrogen) atoms. The van der Waals surface area contributed by atoms with Gasteiger partial charge in [0.2, 0.25) is 0 Å². The van der Waals surface area contributed by atoms with E-state index in [9.17, 15) is 24.2 Å². The van der Waals surface area contributed by atoms with E-state index >= 15 is 0 Å². The van der Waals surface area contributed by atoms with E-state index in [1.807, 2.05) is 0 Å². The quantitative estimate of drug-likeness (QED) is 0.289. The van der Waals surface area contributed by atoms with Crippen LogP contribution in [-0.4, -0.2) is 29.0 Å². The van der Waals surface area contributed by atoms with Gasteiger partial charge in [0.25, 0.3) is 11.7 Å². The summed E-state index contributed by atoms with van der Waals surface area (Å²) in [5.74, 6) is -2.91. The second-order valence-electron chi connectivity index (χ2n) is 7.21. The number of Topliss-reactive ketones (excluding diaryl/α,β-unsaturated/α-hetero) is 1. The predicted molar refractivity (Wildman–Crippen MR) is 122 cm³/mol. The van der Waals surface area contributed by atoms with Gasteiger partial charge in [-0.3, -0.25) is 14.5 Å². The maximum Gasteiger partial charge on any atom is 0.300 e. The van der Waals surface area contributed by atoms with Crippen LogP contribution in [0.25, 0.3) is 5.76 Å². The number of aliphatic hydroxyl groups excluding tert-OH is 1. The Labute approximate surface area is 198 Å². The minimum absolute atomic E-state index is 0.0240. The van der Waals surface area contributed by atoms with Crippen LogP contribution in [-0.2, 0) is 9.59 Å². The molecule has 168 valence electrons. The van der Waals surface area contributed by atoms with Gasteiger partial charge >= 0.3 is 0 Å². The Morgan fingerprint density at radius 1 is 1.03 bits per heavy atom. The highest BCUT2D eigenvalue weighted by Crippen LogP contribution is 2.45. The van der Waals surface area contributed by atoms with E-state index < -0.39 is 29.3 Å². The van der Waals surface area contributed by atoms with Crippen LogP contribution < -0.4 is 9.64 Å².